The summed E-state index contributed by atoms with van der Waals surface area (Å²) in [6, 6.07) is 21.3. The predicted octanol–water partition coefficient (Wildman–Crippen LogP) is 6.71. The van der Waals surface area contributed by atoms with Crippen molar-refractivity contribution in [2.75, 3.05) is 0 Å². The van der Waals surface area contributed by atoms with Crippen molar-refractivity contribution in [1.29, 1.82) is 0 Å². The van der Waals surface area contributed by atoms with E-state index in [1.165, 1.54) is 24.0 Å². The first-order valence-corrected chi connectivity index (χ1v) is 10.0. The molecule has 140 valence electrons. The number of nitrogens with one attached hydrogen (secondary N) is 1. The van der Waals surface area contributed by atoms with Crippen LogP contribution in [-0.4, -0.2) is 6.04 Å². The molecule has 0 saturated carbocycles. The topological polar surface area (TPSA) is 21.3 Å². The van der Waals surface area contributed by atoms with Crippen LogP contribution in [0.5, 0.6) is 0 Å². The Hall–Kier alpha value is -1.90. The molecule has 0 aliphatic rings. The van der Waals surface area contributed by atoms with Crippen LogP contribution in [0.3, 0.4) is 0 Å². The second-order valence-corrected chi connectivity index (χ2v) is 6.81. The first kappa shape index (κ1) is 20.4. The van der Waals surface area contributed by atoms with Crippen LogP contribution in [-0.2, 0) is 4.84 Å². The third kappa shape index (κ3) is 7.55. The lowest BCUT2D eigenvalue weighted by Crippen LogP contribution is -2.30. The van der Waals surface area contributed by atoms with Crippen LogP contribution < -0.4 is 5.48 Å². The summed E-state index contributed by atoms with van der Waals surface area (Å²) < 4.78 is 0. The Labute approximate surface area is 159 Å². The number of rotatable bonds is 12. The highest BCUT2D eigenvalue weighted by atomic mass is 16.7. The maximum atomic E-state index is 6.15. The Morgan fingerprint density at radius 1 is 0.885 bits per heavy atom. The third-order valence-corrected chi connectivity index (χ3v) is 4.54. The maximum absolute atomic E-state index is 6.15. The molecule has 0 aromatic heterocycles. The fourth-order valence-electron chi connectivity index (χ4n) is 3.01. The molecule has 0 spiro atoms. The van der Waals surface area contributed by atoms with Crippen LogP contribution in [0.4, 0.5) is 0 Å². The summed E-state index contributed by atoms with van der Waals surface area (Å²) in [7, 11) is 0. The van der Waals surface area contributed by atoms with E-state index in [0.717, 1.165) is 25.7 Å². The quantitative estimate of drug-likeness (QED) is 0.429. The minimum absolute atomic E-state index is 0.114. The monoisotopic (exact) mass is 351 g/mol. The molecule has 2 aromatic carbocycles. The highest BCUT2D eigenvalue weighted by Crippen LogP contribution is 2.22. The summed E-state index contributed by atoms with van der Waals surface area (Å²) in [5.74, 6) is 0. The van der Waals surface area contributed by atoms with Gasteiger partial charge in [0.2, 0.25) is 0 Å². The van der Waals surface area contributed by atoms with Gasteiger partial charge >= 0.3 is 0 Å². The lowest BCUT2D eigenvalue weighted by Gasteiger charge is -2.23. The van der Waals surface area contributed by atoms with E-state index in [9.17, 15) is 0 Å². The zero-order valence-corrected chi connectivity index (χ0v) is 16.2. The summed E-state index contributed by atoms with van der Waals surface area (Å²) >= 11 is 0. The minimum Gasteiger partial charge on any atom is -0.293 e. The van der Waals surface area contributed by atoms with E-state index in [4.69, 9.17) is 4.84 Å². The standard InChI is InChI=1S/C24H33NO/c1-3-5-19-23(20-12-16-21-14-8-6-9-15-21)25-26-24(13-4-2)22-17-10-7-11-18-22/h6-12,14-18,23-25H,3-5,13,19-20H2,1-2H3/b16-12+. The Morgan fingerprint density at radius 3 is 2.23 bits per heavy atom. The van der Waals surface area contributed by atoms with Gasteiger partial charge in [0.15, 0.2) is 0 Å². The maximum Gasteiger partial charge on any atom is 0.104 e. The Morgan fingerprint density at radius 2 is 1.58 bits per heavy atom. The lowest BCUT2D eigenvalue weighted by molar-refractivity contribution is -0.0510. The van der Waals surface area contributed by atoms with Gasteiger partial charge in [-0.05, 0) is 30.4 Å². The number of unbranched alkanes of at least 4 members (excludes halogenated alkanes) is 1. The molecular formula is C24H33NO. The molecule has 2 atom stereocenters. The smallest absolute Gasteiger partial charge is 0.104 e. The summed E-state index contributed by atoms with van der Waals surface area (Å²) in [5.41, 5.74) is 5.87. The normalized spacial score (nSPS) is 13.8. The molecule has 0 amide bonds. The number of benzene rings is 2. The van der Waals surface area contributed by atoms with Gasteiger partial charge in [-0.1, -0.05) is 106 Å². The zero-order chi connectivity index (χ0) is 18.5. The molecule has 2 unspecified atom stereocenters. The molecule has 2 aromatic rings. The molecule has 2 heteroatoms. The van der Waals surface area contributed by atoms with Crippen LogP contribution in [0.25, 0.3) is 6.08 Å². The summed E-state index contributed by atoms with van der Waals surface area (Å²) in [5, 5.41) is 0. The highest BCUT2D eigenvalue weighted by molar-refractivity contribution is 5.48. The molecule has 2 nitrogen and oxygen atoms in total. The van der Waals surface area contributed by atoms with E-state index in [-0.39, 0.29) is 6.10 Å². The number of hydrogen-bond acceptors (Lipinski definition) is 2. The van der Waals surface area contributed by atoms with Crippen molar-refractivity contribution in [3.05, 3.63) is 77.9 Å². The second kappa shape index (κ2) is 12.5. The van der Waals surface area contributed by atoms with Gasteiger partial charge in [-0.15, -0.1) is 0 Å². The minimum atomic E-state index is 0.114. The van der Waals surface area contributed by atoms with Crippen molar-refractivity contribution >= 4 is 6.08 Å². The predicted molar refractivity (Wildman–Crippen MR) is 112 cm³/mol. The Kier molecular flexibility index (Phi) is 9.78. The van der Waals surface area contributed by atoms with Crippen LogP contribution in [0.2, 0.25) is 0 Å². The van der Waals surface area contributed by atoms with Crippen LogP contribution >= 0.6 is 0 Å². The first-order chi connectivity index (χ1) is 12.8. The highest BCUT2D eigenvalue weighted by Gasteiger charge is 2.14. The average Bonchev–Trinajstić information content (AvgIpc) is 2.70. The molecule has 0 radical (unpaired) electrons. The third-order valence-electron chi connectivity index (χ3n) is 4.54. The molecule has 2 rings (SSSR count). The van der Waals surface area contributed by atoms with E-state index in [0.29, 0.717) is 6.04 Å². The van der Waals surface area contributed by atoms with Crippen molar-refractivity contribution < 1.29 is 4.84 Å². The zero-order valence-electron chi connectivity index (χ0n) is 16.2. The van der Waals surface area contributed by atoms with Crippen molar-refractivity contribution in [2.45, 2.75) is 64.5 Å². The molecule has 0 saturated heterocycles. The summed E-state index contributed by atoms with van der Waals surface area (Å²) in [4.78, 5) is 6.15. The van der Waals surface area contributed by atoms with Crippen molar-refractivity contribution in [3.8, 4) is 0 Å². The molecular weight excluding hydrogens is 318 g/mol. The molecule has 0 bridgehead atoms. The fraction of sp³-hybridized carbons (Fsp3) is 0.417. The second-order valence-electron chi connectivity index (χ2n) is 6.81. The van der Waals surface area contributed by atoms with Gasteiger partial charge in [-0.25, -0.2) is 0 Å². The molecule has 1 N–H and O–H groups in total. The Balaban J connectivity index is 1.91. The van der Waals surface area contributed by atoms with Crippen molar-refractivity contribution in [3.63, 3.8) is 0 Å². The van der Waals surface area contributed by atoms with E-state index in [2.05, 4.69) is 86.1 Å². The van der Waals surface area contributed by atoms with Gasteiger partial charge in [0.25, 0.3) is 0 Å². The van der Waals surface area contributed by atoms with Gasteiger partial charge in [0.05, 0.1) is 0 Å². The summed E-state index contributed by atoms with van der Waals surface area (Å²) in [6.07, 6.45) is 11.2. The lowest BCUT2D eigenvalue weighted by atomic mass is 10.1. The van der Waals surface area contributed by atoms with Crippen LogP contribution in [0.15, 0.2) is 66.7 Å². The van der Waals surface area contributed by atoms with Crippen LogP contribution in [0, 0.1) is 0 Å². The van der Waals surface area contributed by atoms with E-state index >= 15 is 0 Å². The van der Waals surface area contributed by atoms with Gasteiger partial charge in [0, 0.05) is 6.04 Å². The van der Waals surface area contributed by atoms with Gasteiger partial charge in [-0.3, -0.25) is 4.84 Å². The fourth-order valence-corrected chi connectivity index (χ4v) is 3.01. The molecule has 0 heterocycles. The molecule has 0 aliphatic heterocycles. The Bertz CT molecular complexity index is 609. The summed E-state index contributed by atoms with van der Waals surface area (Å²) in [6.45, 7) is 4.44. The van der Waals surface area contributed by atoms with Gasteiger partial charge in [0.1, 0.15) is 6.10 Å². The van der Waals surface area contributed by atoms with Crippen molar-refractivity contribution in [2.24, 2.45) is 0 Å². The molecule has 0 fully saturated rings. The van der Waals surface area contributed by atoms with E-state index in [1.54, 1.807) is 0 Å². The molecule has 26 heavy (non-hydrogen) atoms. The number of hydroxylamine groups is 1. The van der Waals surface area contributed by atoms with Gasteiger partial charge in [-0.2, -0.15) is 5.48 Å². The first-order valence-electron chi connectivity index (χ1n) is 10.0. The van der Waals surface area contributed by atoms with Crippen molar-refractivity contribution in [1.82, 2.24) is 5.48 Å². The average molecular weight is 352 g/mol. The van der Waals surface area contributed by atoms with Gasteiger partial charge < -0.3 is 0 Å². The van der Waals surface area contributed by atoms with E-state index in [1.807, 2.05) is 6.07 Å². The largest absolute Gasteiger partial charge is 0.293 e. The van der Waals surface area contributed by atoms with E-state index < -0.39 is 0 Å². The SMILES string of the molecule is CCCCC(C/C=C/c1ccccc1)NOC(CCC)c1ccccc1. The van der Waals surface area contributed by atoms with Crippen LogP contribution in [0.1, 0.15) is 69.6 Å². The number of hydrogen-bond donors (Lipinski definition) is 1. The molecule has 0 aliphatic carbocycles.